The summed E-state index contributed by atoms with van der Waals surface area (Å²) < 4.78 is 0. The van der Waals surface area contributed by atoms with E-state index in [0.29, 0.717) is 5.84 Å². The van der Waals surface area contributed by atoms with Crippen molar-refractivity contribution in [3.63, 3.8) is 0 Å². The van der Waals surface area contributed by atoms with Gasteiger partial charge in [-0.25, -0.2) is 0 Å². The number of likely N-dealkylation sites (N-methyl/N-ethyl adjacent to an activating group) is 1. The van der Waals surface area contributed by atoms with Crippen molar-refractivity contribution >= 4 is 5.84 Å². The number of rotatable bonds is 2. The van der Waals surface area contributed by atoms with Crippen molar-refractivity contribution in [2.24, 2.45) is 5.92 Å². The fourth-order valence-electron chi connectivity index (χ4n) is 2.87. The number of hydrogen-bond donors (Lipinski definition) is 2. The first-order chi connectivity index (χ1) is 8.69. The Kier molecular flexibility index (Phi) is 3.87. The second kappa shape index (κ2) is 5.40. The molecule has 2 heterocycles. The highest BCUT2D eigenvalue weighted by Crippen LogP contribution is 2.27. The van der Waals surface area contributed by atoms with Crippen LogP contribution < -0.4 is 5.32 Å². The van der Waals surface area contributed by atoms with Crippen LogP contribution >= 0.6 is 0 Å². The number of hydrogen-bond acceptors (Lipinski definition) is 4. The molecule has 0 aliphatic carbocycles. The molecule has 0 aromatic heterocycles. The van der Waals surface area contributed by atoms with Crippen LogP contribution in [-0.4, -0.2) is 49.0 Å². The SMILES string of the molecule is CNC1=CC(=N)N(C)C(N2CCCCC2)C1C#N. The lowest BCUT2D eigenvalue weighted by atomic mass is 9.95. The van der Waals surface area contributed by atoms with Crippen molar-refractivity contribution in [1.82, 2.24) is 15.1 Å². The highest BCUT2D eigenvalue weighted by molar-refractivity contribution is 5.92. The molecule has 0 amide bonds. The molecule has 2 N–H and O–H groups in total. The first-order valence-electron chi connectivity index (χ1n) is 6.53. The summed E-state index contributed by atoms with van der Waals surface area (Å²) in [7, 11) is 3.73. The smallest absolute Gasteiger partial charge is 0.123 e. The van der Waals surface area contributed by atoms with E-state index in [4.69, 9.17) is 5.41 Å². The number of amidine groups is 1. The summed E-state index contributed by atoms with van der Waals surface area (Å²) in [5.41, 5.74) is 0.858. The van der Waals surface area contributed by atoms with Gasteiger partial charge in [0.05, 0.1) is 6.07 Å². The lowest BCUT2D eigenvalue weighted by Gasteiger charge is -2.45. The van der Waals surface area contributed by atoms with E-state index in [1.54, 1.807) is 6.08 Å². The van der Waals surface area contributed by atoms with E-state index in [1.807, 2.05) is 19.0 Å². The van der Waals surface area contributed by atoms with Crippen LogP contribution in [0.2, 0.25) is 0 Å². The lowest BCUT2D eigenvalue weighted by Crippen LogP contribution is -2.57. The zero-order valence-electron chi connectivity index (χ0n) is 11.1. The normalized spacial score (nSPS) is 29.7. The largest absolute Gasteiger partial charge is 0.390 e. The molecule has 0 radical (unpaired) electrons. The minimum atomic E-state index is -0.202. The third kappa shape index (κ3) is 2.21. The van der Waals surface area contributed by atoms with E-state index in [2.05, 4.69) is 16.3 Å². The molecule has 5 nitrogen and oxygen atoms in total. The molecule has 0 bridgehead atoms. The van der Waals surface area contributed by atoms with Gasteiger partial charge in [0.25, 0.3) is 0 Å². The zero-order valence-corrected chi connectivity index (χ0v) is 11.1. The van der Waals surface area contributed by atoms with E-state index in [1.165, 1.54) is 19.3 Å². The monoisotopic (exact) mass is 247 g/mol. The van der Waals surface area contributed by atoms with Crippen molar-refractivity contribution in [3.8, 4) is 6.07 Å². The molecule has 5 heteroatoms. The molecule has 2 rings (SSSR count). The zero-order chi connectivity index (χ0) is 13.1. The minimum absolute atomic E-state index is 0.00440. The predicted octanol–water partition coefficient (Wildman–Crippen LogP) is 0.964. The standard InChI is InChI=1S/C13H21N5/c1-16-11-8-12(15)17(2)13(10(11)9-14)18-6-4-3-5-7-18/h8,10,13,15-16H,3-7H2,1-2H3. The average Bonchev–Trinajstić information content (AvgIpc) is 2.42. The van der Waals surface area contributed by atoms with E-state index in [-0.39, 0.29) is 12.1 Å². The van der Waals surface area contributed by atoms with Gasteiger partial charge in [0.1, 0.15) is 17.9 Å². The maximum atomic E-state index is 9.44. The summed E-state index contributed by atoms with van der Waals surface area (Å²) >= 11 is 0. The summed E-state index contributed by atoms with van der Waals surface area (Å²) in [6, 6.07) is 2.39. The molecule has 0 aromatic carbocycles. The number of nitriles is 1. The maximum absolute atomic E-state index is 9.44. The molecule has 98 valence electrons. The summed E-state index contributed by atoms with van der Waals surface area (Å²) in [4.78, 5) is 4.26. The van der Waals surface area contributed by atoms with Gasteiger partial charge >= 0.3 is 0 Å². The Morgan fingerprint density at radius 2 is 2.06 bits per heavy atom. The summed E-state index contributed by atoms with van der Waals surface area (Å²) in [6.45, 7) is 2.05. The van der Waals surface area contributed by atoms with Gasteiger partial charge in [-0.15, -0.1) is 0 Å². The Bertz CT molecular complexity index is 389. The number of nitrogens with one attached hydrogen (secondary N) is 2. The highest BCUT2D eigenvalue weighted by atomic mass is 15.4. The molecule has 1 fully saturated rings. The third-order valence-electron chi connectivity index (χ3n) is 3.89. The topological polar surface area (TPSA) is 66.2 Å². The average molecular weight is 247 g/mol. The van der Waals surface area contributed by atoms with Gasteiger partial charge in [0, 0.05) is 39.0 Å². The molecule has 2 atom stereocenters. The van der Waals surface area contributed by atoms with Crippen LogP contribution in [0.15, 0.2) is 11.8 Å². The maximum Gasteiger partial charge on any atom is 0.123 e. The Morgan fingerprint density at radius 3 is 2.61 bits per heavy atom. The van der Waals surface area contributed by atoms with E-state index in [0.717, 1.165) is 18.8 Å². The van der Waals surface area contributed by atoms with Crippen LogP contribution in [0.25, 0.3) is 0 Å². The van der Waals surface area contributed by atoms with Gasteiger partial charge < -0.3 is 10.2 Å². The fraction of sp³-hybridized carbons (Fsp3) is 0.692. The van der Waals surface area contributed by atoms with E-state index < -0.39 is 0 Å². The van der Waals surface area contributed by atoms with Crippen LogP contribution in [0.4, 0.5) is 0 Å². The van der Waals surface area contributed by atoms with Crippen molar-refractivity contribution in [2.45, 2.75) is 25.4 Å². The van der Waals surface area contributed by atoms with Crippen molar-refractivity contribution in [1.29, 1.82) is 10.7 Å². The number of piperidine rings is 1. The van der Waals surface area contributed by atoms with E-state index in [9.17, 15) is 5.26 Å². The Labute approximate surface area is 109 Å². The van der Waals surface area contributed by atoms with Gasteiger partial charge in [0.2, 0.25) is 0 Å². The van der Waals surface area contributed by atoms with Gasteiger partial charge in [-0.2, -0.15) is 5.26 Å². The Balaban J connectivity index is 2.28. The summed E-state index contributed by atoms with van der Waals surface area (Å²) in [5.74, 6) is 0.272. The lowest BCUT2D eigenvalue weighted by molar-refractivity contribution is 0.0616. The van der Waals surface area contributed by atoms with Gasteiger partial charge in [0.15, 0.2) is 0 Å². The summed E-state index contributed by atoms with van der Waals surface area (Å²) in [6.07, 6.45) is 5.41. The molecule has 0 saturated carbocycles. The van der Waals surface area contributed by atoms with Crippen molar-refractivity contribution in [3.05, 3.63) is 11.8 Å². The molecular weight excluding hydrogens is 226 g/mol. The van der Waals surface area contributed by atoms with Crippen molar-refractivity contribution < 1.29 is 0 Å². The minimum Gasteiger partial charge on any atom is -0.390 e. The third-order valence-corrected chi connectivity index (χ3v) is 3.89. The van der Waals surface area contributed by atoms with Crippen LogP contribution in [0.3, 0.4) is 0 Å². The van der Waals surface area contributed by atoms with Crippen LogP contribution in [0, 0.1) is 22.7 Å². The molecule has 2 aliphatic rings. The molecule has 18 heavy (non-hydrogen) atoms. The molecular formula is C13H21N5. The number of nitrogens with zero attached hydrogens (tertiary/aromatic N) is 3. The first kappa shape index (κ1) is 12.9. The second-order valence-electron chi connectivity index (χ2n) is 4.96. The van der Waals surface area contributed by atoms with Gasteiger partial charge in [-0.1, -0.05) is 6.42 Å². The molecule has 2 unspecified atom stereocenters. The quantitative estimate of drug-likeness (QED) is 0.763. The highest BCUT2D eigenvalue weighted by Gasteiger charge is 2.37. The Hall–Kier alpha value is -1.54. The number of likely N-dealkylation sites (tertiary alicyclic amines) is 1. The van der Waals surface area contributed by atoms with Crippen LogP contribution in [0.1, 0.15) is 19.3 Å². The van der Waals surface area contributed by atoms with E-state index >= 15 is 0 Å². The fourth-order valence-corrected chi connectivity index (χ4v) is 2.87. The summed E-state index contributed by atoms with van der Waals surface area (Å²) in [5, 5.41) is 20.5. The van der Waals surface area contributed by atoms with Crippen LogP contribution in [-0.2, 0) is 0 Å². The molecule has 0 aromatic rings. The van der Waals surface area contributed by atoms with Crippen LogP contribution in [0.5, 0.6) is 0 Å². The molecule has 1 saturated heterocycles. The predicted molar refractivity (Wildman–Crippen MR) is 70.9 cm³/mol. The van der Waals surface area contributed by atoms with Gasteiger partial charge in [-0.05, 0) is 12.8 Å². The molecule has 0 spiro atoms. The first-order valence-corrected chi connectivity index (χ1v) is 6.53. The van der Waals surface area contributed by atoms with Gasteiger partial charge in [-0.3, -0.25) is 10.3 Å². The molecule has 2 aliphatic heterocycles. The Morgan fingerprint density at radius 1 is 1.39 bits per heavy atom. The second-order valence-corrected chi connectivity index (χ2v) is 4.96. The van der Waals surface area contributed by atoms with Crippen molar-refractivity contribution in [2.75, 3.05) is 27.2 Å².